The SMILES string of the molecule is Bc1c(OC(C)(C)C(C)(C)O)ccc2c1C1(c3ccccc3-2)c2ccccc2-c2c1ccc1c2sc2ccccc21. The zero-order valence-corrected chi connectivity index (χ0v) is 24.8. The summed E-state index contributed by atoms with van der Waals surface area (Å²) in [5.41, 5.74) is 9.34. The molecule has 1 unspecified atom stereocenters. The molecule has 1 N–H and O–H groups in total. The van der Waals surface area contributed by atoms with Gasteiger partial charge in [-0.25, -0.2) is 0 Å². The highest BCUT2D eigenvalue weighted by atomic mass is 32.1. The normalized spacial score (nSPS) is 17.1. The summed E-state index contributed by atoms with van der Waals surface area (Å²) in [6, 6.07) is 35.7. The van der Waals surface area contributed by atoms with Gasteiger partial charge in [0.1, 0.15) is 19.2 Å². The van der Waals surface area contributed by atoms with Crippen molar-refractivity contribution >= 4 is 44.8 Å². The lowest BCUT2D eigenvalue weighted by molar-refractivity contribution is -0.0902. The van der Waals surface area contributed by atoms with Crippen LogP contribution in [0.1, 0.15) is 49.9 Å². The van der Waals surface area contributed by atoms with Crippen LogP contribution >= 0.6 is 11.3 Å². The number of hydrogen-bond acceptors (Lipinski definition) is 3. The smallest absolute Gasteiger partial charge is 0.144 e. The molecular formula is C37H31BO2S. The summed E-state index contributed by atoms with van der Waals surface area (Å²) in [6.45, 7) is 7.55. The molecule has 6 aromatic rings. The topological polar surface area (TPSA) is 29.5 Å². The fourth-order valence-corrected chi connectivity index (χ4v) is 8.46. The summed E-state index contributed by atoms with van der Waals surface area (Å²) in [6.07, 6.45) is 0. The van der Waals surface area contributed by atoms with Gasteiger partial charge in [-0.3, -0.25) is 0 Å². The van der Waals surface area contributed by atoms with E-state index >= 15 is 0 Å². The molecule has 1 atom stereocenters. The first-order valence-corrected chi connectivity index (χ1v) is 15.2. The molecule has 0 saturated heterocycles. The second kappa shape index (κ2) is 8.12. The minimum atomic E-state index is -1.02. The summed E-state index contributed by atoms with van der Waals surface area (Å²) in [4.78, 5) is 0. The van der Waals surface area contributed by atoms with Gasteiger partial charge in [0.15, 0.2) is 0 Å². The quantitative estimate of drug-likeness (QED) is 0.230. The van der Waals surface area contributed by atoms with Crippen LogP contribution in [-0.4, -0.2) is 24.2 Å². The first kappa shape index (κ1) is 24.9. The number of fused-ring (bicyclic) bond motifs is 14. The average Bonchev–Trinajstić information content (AvgIpc) is 3.58. The van der Waals surface area contributed by atoms with Crippen LogP contribution in [0, 0.1) is 0 Å². The molecule has 0 saturated carbocycles. The Balaban J connectivity index is 1.50. The van der Waals surface area contributed by atoms with Crippen molar-refractivity contribution in [2.45, 2.75) is 44.3 Å². The molecule has 0 aliphatic heterocycles. The van der Waals surface area contributed by atoms with E-state index in [0.717, 1.165) is 11.2 Å². The van der Waals surface area contributed by atoms with Gasteiger partial charge in [0, 0.05) is 25.7 Å². The van der Waals surface area contributed by atoms with Crippen molar-refractivity contribution in [1.29, 1.82) is 0 Å². The highest BCUT2D eigenvalue weighted by Crippen LogP contribution is 2.64. The molecule has 2 nitrogen and oxygen atoms in total. The van der Waals surface area contributed by atoms with Gasteiger partial charge < -0.3 is 9.84 Å². The van der Waals surface area contributed by atoms with E-state index in [4.69, 9.17) is 4.74 Å². The van der Waals surface area contributed by atoms with Crippen molar-refractivity contribution in [2.75, 3.05) is 0 Å². The molecule has 0 fully saturated rings. The van der Waals surface area contributed by atoms with Crippen LogP contribution < -0.4 is 10.2 Å². The minimum Gasteiger partial charge on any atom is -0.485 e. The van der Waals surface area contributed by atoms with Crippen molar-refractivity contribution in [1.82, 2.24) is 0 Å². The molecule has 0 amide bonds. The highest BCUT2D eigenvalue weighted by molar-refractivity contribution is 7.26. The number of benzene rings is 5. The van der Waals surface area contributed by atoms with E-state index < -0.39 is 16.6 Å². The lowest BCUT2D eigenvalue weighted by atomic mass is 9.66. The zero-order valence-electron chi connectivity index (χ0n) is 24.0. The van der Waals surface area contributed by atoms with Gasteiger partial charge in [-0.1, -0.05) is 84.9 Å². The Morgan fingerprint density at radius 1 is 0.683 bits per heavy atom. The van der Waals surface area contributed by atoms with E-state index in [1.54, 1.807) is 0 Å². The third kappa shape index (κ3) is 3.07. The molecule has 4 heteroatoms. The van der Waals surface area contributed by atoms with Crippen LogP contribution in [-0.2, 0) is 5.41 Å². The second-order valence-electron chi connectivity index (χ2n) is 12.6. The maximum absolute atomic E-state index is 10.9. The summed E-state index contributed by atoms with van der Waals surface area (Å²) in [5.74, 6) is 0.817. The third-order valence-corrected chi connectivity index (χ3v) is 11.0. The van der Waals surface area contributed by atoms with Crippen LogP contribution in [0.15, 0.2) is 97.1 Å². The van der Waals surface area contributed by atoms with Crippen LogP contribution in [0.3, 0.4) is 0 Å². The zero-order chi connectivity index (χ0) is 28.3. The monoisotopic (exact) mass is 550 g/mol. The van der Waals surface area contributed by atoms with Crippen molar-refractivity contribution in [2.24, 2.45) is 0 Å². The van der Waals surface area contributed by atoms with Crippen LogP contribution in [0.25, 0.3) is 42.4 Å². The van der Waals surface area contributed by atoms with E-state index in [1.807, 2.05) is 39.0 Å². The fourth-order valence-electron chi connectivity index (χ4n) is 7.19. The number of aliphatic hydroxyl groups is 1. The van der Waals surface area contributed by atoms with E-state index in [9.17, 15) is 5.11 Å². The van der Waals surface area contributed by atoms with E-state index in [2.05, 4.69) is 105 Å². The lowest BCUT2D eigenvalue weighted by Crippen LogP contribution is -2.50. The Labute approximate surface area is 245 Å². The highest BCUT2D eigenvalue weighted by Gasteiger charge is 2.53. The summed E-state index contributed by atoms with van der Waals surface area (Å²) in [5, 5.41) is 13.6. The van der Waals surface area contributed by atoms with Gasteiger partial charge in [-0.2, -0.15) is 0 Å². The number of thiophene rings is 1. The predicted octanol–water partition coefficient (Wildman–Crippen LogP) is 7.58. The lowest BCUT2D eigenvalue weighted by Gasteiger charge is -2.39. The molecule has 0 bridgehead atoms. The number of hydrogen-bond donors (Lipinski definition) is 1. The fraction of sp³-hybridized carbons (Fsp3) is 0.189. The van der Waals surface area contributed by atoms with E-state index in [1.165, 1.54) is 64.7 Å². The Bertz CT molecular complexity index is 2060. The number of ether oxygens (including phenoxy) is 1. The molecule has 5 aromatic carbocycles. The summed E-state index contributed by atoms with van der Waals surface area (Å²) in [7, 11) is 2.20. The largest absolute Gasteiger partial charge is 0.485 e. The maximum atomic E-state index is 10.9. The Morgan fingerprint density at radius 3 is 2.10 bits per heavy atom. The van der Waals surface area contributed by atoms with Gasteiger partial charge in [-0.15, -0.1) is 11.3 Å². The van der Waals surface area contributed by atoms with Crippen molar-refractivity contribution in [3.63, 3.8) is 0 Å². The van der Waals surface area contributed by atoms with Crippen molar-refractivity contribution in [3.8, 4) is 28.0 Å². The standard InChI is InChI=1S/C37H31BO2S/c1-35(2,39)36(3,4)40-29-20-18-23-21-11-5-8-14-26(21)37(32(23)33(29)38)27-15-9-6-13-25(27)31-28(37)19-17-24-22-12-7-10-16-30(22)41-34(24)31/h5-20,39H,38H2,1-4H3. The van der Waals surface area contributed by atoms with Crippen molar-refractivity contribution < 1.29 is 9.84 Å². The Hall–Kier alpha value is -3.86. The van der Waals surface area contributed by atoms with Gasteiger partial charge in [0.25, 0.3) is 0 Å². The number of rotatable bonds is 3. The molecule has 41 heavy (non-hydrogen) atoms. The molecular weight excluding hydrogens is 519 g/mol. The van der Waals surface area contributed by atoms with Gasteiger partial charge in [0.2, 0.25) is 0 Å². The second-order valence-corrected chi connectivity index (χ2v) is 13.6. The third-order valence-electron chi connectivity index (χ3n) is 9.80. The molecule has 1 spiro atoms. The molecule has 1 aromatic heterocycles. The van der Waals surface area contributed by atoms with E-state index in [0.29, 0.717) is 0 Å². The molecule has 1 heterocycles. The van der Waals surface area contributed by atoms with E-state index in [-0.39, 0.29) is 0 Å². The van der Waals surface area contributed by atoms with Gasteiger partial charge >= 0.3 is 0 Å². The Morgan fingerprint density at radius 2 is 1.34 bits per heavy atom. The minimum absolute atomic E-state index is 0.454. The first-order valence-electron chi connectivity index (χ1n) is 14.3. The summed E-state index contributed by atoms with van der Waals surface area (Å²) >= 11 is 1.90. The van der Waals surface area contributed by atoms with Crippen LogP contribution in [0.2, 0.25) is 0 Å². The Kier molecular flexibility index (Phi) is 4.93. The van der Waals surface area contributed by atoms with Gasteiger partial charge in [-0.05, 0) is 84.2 Å². The molecule has 8 rings (SSSR count). The predicted molar refractivity (Wildman–Crippen MR) is 175 cm³/mol. The average molecular weight is 551 g/mol. The van der Waals surface area contributed by atoms with Gasteiger partial charge in [0.05, 0.1) is 11.0 Å². The first-order chi connectivity index (χ1) is 19.6. The molecule has 2 aliphatic carbocycles. The molecule has 200 valence electrons. The molecule has 2 aliphatic rings. The maximum Gasteiger partial charge on any atom is 0.144 e. The van der Waals surface area contributed by atoms with Crippen LogP contribution in [0.4, 0.5) is 0 Å². The molecule has 0 radical (unpaired) electrons. The van der Waals surface area contributed by atoms with Crippen molar-refractivity contribution in [3.05, 3.63) is 119 Å². The van der Waals surface area contributed by atoms with Crippen LogP contribution in [0.5, 0.6) is 5.75 Å². The summed E-state index contributed by atoms with van der Waals surface area (Å²) < 4.78 is 9.34.